The van der Waals surface area contributed by atoms with Crippen LogP contribution in [0.25, 0.3) is 6.08 Å². The third kappa shape index (κ3) is 7.80. The Labute approximate surface area is 152 Å². The number of aliphatic hydroxyl groups is 1. The molecule has 1 fully saturated rings. The van der Waals surface area contributed by atoms with Gasteiger partial charge in [-0.2, -0.15) is 0 Å². The summed E-state index contributed by atoms with van der Waals surface area (Å²) in [6.07, 6.45) is 12.0. The van der Waals surface area contributed by atoms with Crippen molar-refractivity contribution in [2.24, 2.45) is 0 Å². The second-order valence-corrected chi connectivity index (χ2v) is 6.45. The molecular weight excluding hydrogens is 322 g/mol. The average molecular weight is 354 g/mol. The van der Waals surface area contributed by atoms with Gasteiger partial charge in [0.25, 0.3) is 0 Å². The van der Waals surface area contributed by atoms with Crippen molar-refractivity contribution >= 4 is 18.5 Å². The van der Waals surface area contributed by atoms with Crippen molar-refractivity contribution in [2.45, 2.75) is 64.2 Å². The van der Waals surface area contributed by atoms with Crippen LogP contribution in [0.5, 0.6) is 0 Å². The van der Waals surface area contributed by atoms with E-state index in [4.69, 9.17) is 9.84 Å². The number of halogens is 1. The third-order valence-electron chi connectivity index (χ3n) is 4.40. The molecule has 1 aliphatic heterocycles. The summed E-state index contributed by atoms with van der Waals surface area (Å²) in [5.41, 5.74) is 2.46. The van der Waals surface area contributed by atoms with Gasteiger partial charge in [-0.15, -0.1) is 12.4 Å². The maximum absolute atomic E-state index is 9.11. The van der Waals surface area contributed by atoms with Gasteiger partial charge in [0.15, 0.2) is 0 Å². The summed E-state index contributed by atoms with van der Waals surface area (Å²) in [7, 11) is 0. The Kier molecular flexibility index (Phi) is 11.0. The van der Waals surface area contributed by atoms with Crippen molar-refractivity contribution in [2.75, 3.05) is 13.2 Å². The second-order valence-electron chi connectivity index (χ2n) is 6.45. The van der Waals surface area contributed by atoms with E-state index >= 15 is 0 Å². The van der Waals surface area contributed by atoms with E-state index in [1.54, 1.807) is 0 Å². The van der Waals surface area contributed by atoms with Gasteiger partial charge in [0.1, 0.15) is 0 Å². The van der Waals surface area contributed by atoms with Crippen LogP contribution in [0.15, 0.2) is 30.3 Å². The Morgan fingerprint density at radius 3 is 2.67 bits per heavy atom. The number of unbranched alkanes of at least 4 members (excludes halogenated alkanes) is 4. The zero-order valence-corrected chi connectivity index (χ0v) is 15.6. The van der Waals surface area contributed by atoms with Crippen LogP contribution in [0, 0.1) is 0 Å². The Hall–Kier alpha value is -0.870. The zero-order chi connectivity index (χ0) is 16.3. The zero-order valence-electron chi connectivity index (χ0n) is 14.7. The molecule has 0 amide bonds. The SMILES string of the molecule is CCCCCC/C=C/c1ccc(CO[C@H]2CN[C@H](CO)C2)cc1.Cl. The molecule has 0 aromatic heterocycles. The number of benzene rings is 1. The molecule has 1 aromatic carbocycles. The Morgan fingerprint density at radius 2 is 2.00 bits per heavy atom. The highest BCUT2D eigenvalue weighted by atomic mass is 35.5. The molecule has 0 bridgehead atoms. The normalized spacial score (nSPS) is 20.4. The molecule has 2 N–H and O–H groups in total. The lowest BCUT2D eigenvalue weighted by Gasteiger charge is -2.11. The fraction of sp³-hybridized carbons (Fsp3) is 0.600. The molecule has 136 valence electrons. The third-order valence-corrected chi connectivity index (χ3v) is 4.40. The number of aliphatic hydroxyl groups excluding tert-OH is 1. The molecule has 1 heterocycles. The highest BCUT2D eigenvalue weighted by Gasteiger charge is 2.23. The smallest absolute Gasteiger partial charge is 0.0721 e. The van der Waals surface area contributed by atoms with Gasteiger partial charge in [0.2, 0.25) is 0 Å². The average Bonchev–Trinajstić information content (AvgIpc) is 3.05. The fourth-order valence-electron chi connectivity index (χ4n) is 2.90. The number of allylic oxidation sites excluding steroid dienone is 1. The first-order valence-electron chi connectivity index (χ1n) is 9.03. The molecular formula is C20H32ClNO2. The van der Waals surface area contributed by atoms with E-state index in [9.17, 15) is 0 Å². The number of hydrogen-bond donors (Lipinski definition) is 2. The number of hydrogen-bond acceptors (Lipinski definition) is 3. The lowest BCUT2D eigenvalue weighted by molar-refractivity contribution is 0.0512. The summed E-state index contributed by atoms with van der Waals surface area (Å²) in [6, 6.07) is 8.80. The topological polar surface area (TPSA) is 41.5 Å². The van der Waals surface area contributed by atoms with E-state index in [0.29, 0.717) is 6.61 Å². The Morgan fingerprint density at radius 1 is 1.21 bits per heavy atom. The highest BCUT2D eigenvalue weighted by Crippen LogP contribution is 2.14. The largest absolute Gasteiger partial charge is 0.395 e. The molecule has 4 heteroatoms. The molecule has 24 heavy (non-hydrogen) atoms. The minimum Gasteiger partial charge on any atom is -0.395 e. The molecule has 1 aromatic rings. The summed E-state index contributed by atoms with van der Waals surface area (Å²) in [5.74, 6) is 0. The Bertz CT molecular complexity index is 461. The molecule has 0 spiro atoms. The van der Waals surface area contributed by atoms with Crippen molar-refractivity contribution in [3.8, 4) is 0 Å². The first-order chi connectivity index (χ1) is 11.3. The van der Waals surface area contributed by atoms with E-state index in [0.717, 1.165) is 13.0 Å². The van der Waals surface area contributed by atoms with E-state index in [-0.39, 0.29) is 31.2 Å². The highest BCUT2D eigenvalue weighted by molar-refractivity contribution is 5.85. The van der Waals surface area contributed by atoms with E-state index in [1.165, 1.54) is 43.2 Å². The van der Waals surface area contributed by atoms with Crippen molar-refractivity contribution in [3.05, 3.63) is 41.5 Å². The van der Waals surface area contributed by atoms with Crippen LogP contribution in [0.4, 0.5) is 0 Å². The van der Waals surface area contributed by atoms with E-state index < -0.39 is 0 Å². The molecule has 0 unspecified atom stereocenters. The predicted molar refractivity (Wildman–Crippen MR) is 104 cm³/mol. The molecule has 2 rings (SSSR count). The van der Waals surface area contributed by atoms with Gasteiger partial charge in [0.05, 0.1) is 19.3 Å². The summed E-state index contributed by atoms with van der Waals surface area (Å²) in [4.78, 5) is 0. The van der Waals surface area contributed by atoms with Crippen molar-refractivity contribution in [1.82, 2.24) is 5.32 Å². The molecule has 1 saturated heterocycles. The maximum Gasteiger partial charge on any atom is 0.0721 e. The first-order valence-corrected chi connectivity index (χ1v) is 9.03. The van der Waals surface area contributed by atoms with Gasteiger partial charge < -0.3 is 15.2 Å². The summed E-state index contributed by atoms with van der Waals surface area (Å²) < 4.78 is 5.91. The van der Waals surface area contributed by atoms with Crippen LogP contribution in [-0.4, -0.2) is 30.4 Å². The van der Waals surface area contributed by atoms with E-state index in [1.807, 2.05) is 0 Å². The quantitative estimate of drug-likeness (QED) is 0.615. The van der Waals surface area contributed by atoms with Crippen LogP contribution >= 0.6 is 12.4 Å². The lowest BCUT2D eigenvalue weighted by Crippen LogP contribution is -2.24. The molecule has 2 atom stereocenters. The van der Waals surface area contributed by atoms with Crippen LogP contribution in [0.1, 0.15) is 56.6 Å². The molecule has 1 aliphatic rings. The fourth-order valence-corrected chi connectivity index (χ4v) is 2.90. The summed E-state index contributed by atoms with van der Waals surface area (Å²) in [6.45, 7) is 3.92. The molecule has 0 aliphatic carbocycles. The standard InChI is InChI=1S/C20H31NO2.ClH/c1-2-3-4-5-6-7-8-17-9-11-18(12-10-17)16-23-20-13-19(15-22)21-14-20;/h7-12,19-22H,2-6,13-16H2,1H3;1H/b8-7+;/t19-,20+;/m0./s1. The lowest BCUT2D eigenvalue weighted by atomic mass is 10.1. The van der Waals surface area contributed by atoms with Crippen LogP contribution < -0.4 is 5.32 Å². The van der Waals surface area contributed by atoms with Crippen LogP contribution in [0.3, 0.4) is 0 Å². The second kappa shape index (κ2) is 12.5. The number of rotatable bonds is 10. The van der Waals surface area contributed by atoms with Gasteiger partial charge in [-0.05, 0) is 30.4 Å². The predicted octanol–water partition coefficient (Wildman–Crippen LogP) is 4.33. The first kappa shape index (κ1) is 21.2. The van der Waals surface area contributed by atoms with Crippen molar-refractivity contribution in [1.29, 1.82) is 0 Å². The minimum absolute atomic E-state index is 0. The van der Waals surface area contributed by atoms with Gasteiger partial charge >= 0.3 is 0 Å². The number of nitrogens with one attached hydrogen (secondary N) is 1. The monoisotopic (exact) mass is 353 g/mol. The molecule has 3 nitrogen and oxygen atoms in total. The molecule has 0 saturated carbocycles. The van der Waals surface area contributed by atoms with Crippen molar-refractivity contribution < 1.29 is 9.84 Å². The Balaban J connectivity index is 0.00000288. The van der Waals surface area contributed by atoms with E-state index in [2.05, 4.69) is 48.7 Å². The summed E-state index contributed by atoms with van der Waals surface area (Å²) in [5, 5.41) is 12.4. The van der Waals surface area contributed by atoms with Gasteiger partial charge in [-0.25, -0.2) is 0 Å². The summed E-state index contributed by atoms with van der Waals surface area (Å²) >= 11 is 0. The molecule has 0 radical (unpaired) electrons. The van der Waals surface area contributed by atoms with Gasteiger partial charge in [-0.3, -0.25) is 0 Å². The van der Waals surface area contributed by atoms with Crippen molar-refractivity contribution in [3.63, 3.8) is 0 Å². The van der Waals surface area contributed by atoms with Crippen LogP contribution in [-0.2, 0) is 11.3 Å². The van der Waals surface area contributed by atoms with Gasteiger partial charge in [-0.1, -0.05) is 62.6 Å². The number of ether oxygens (including phenoxy) is 1. The maximum atomic E-state index is 9.11. The minimum atomic E-state index is 0. The van der Waals surface area contributed by atoms with Crippen LogP contribution in [0.2, 0.25) is 0 Å². The van der Waals surface area contributed by atoms with Gasteiger partial charge in [0, 0.05) is 12.6 Å².